The van der Waals surface area contributed by atoms with E-state index >= 15 is 0 Å². The van der Waals surface area contributed by atoms with Crippen molar-refractivity contribution in [2.75, 3.05) is 13.1 Å². The van der Waals surface area contributed by atoms with E-state index in [4.69, 9.17) is 0 Å². The number of rotatable bonds is 10. The molecule has 3 aromatic carbocycles. The fourth-order valence-corrected chi connectivity index (χ4v) is 5.53. The summed E-state index contributed by atoms with van der Waals surface area (Å²) in [5.41, 5.74) is 3.66. The Morgan fingerprint density at radius 1 is 0.972 bits per heavy atom. The third kappa shape index (κ3) is 6.27. The zero-order chi connectivity index (χ0) is 25.8. The molecule has 4 nitrogen and oxygen atoms in total. The Morgan fingerprint density at radius 2 is 1.56 bits per heavy atom. The molecule has 1 heterocycles. The summed E-state index contributed by atoms with van der Waals surface area (Å²) in [7, 11) is -3.75. The van der Waals surface area contributed by atoms with Crippen molar-refractivity contribution in [2.45, 2.75) is 49.6 Å². The predicted octanol–water partition coefficient (Wildman–Crippen LogP) is 6.14. The highest BCUT2D eigenvalue weighted by molar-refractivity contribution is 7.89. The maximum atomic E-state index is 13.7. The fraction of sp³-hybridized carbons (Fsp3) is 0.310. The third-order valence-corrected chi connectivity index (χ3v) is 8.31. The minimum atomic E-state index is -3.75. The van der Waals surface area contributed by atoms with Gasteiger partial charge < -0.3 is 4.90 Å². The molecule has 0 amide bonds. The molecule has 0 aromatic heterocycles. The number of hydrogen-bond donors (Lipinski definition) is 1. The molecule has 0 aliphatic carbocycles. The number of nitrogens with one attached hydrogen (secondary N) is 1. The summed E-state index contributed by atoms with van der Waals surface area (Å²) in [6.07, 6.45) is 4.17. The zero-order valence-corrected chi connectivity index (χ0v) is 21.3. The molecule has 7 heteroatoms. The SMILES string of the molecule is C=CC(F)(F)c1ccc(CNS(=O)(=O)c2ccc(-c3ccc(CCN4CCC[C@H]4C)cc3)cc2)cc1. The van der Waals surface area contributed by atoms with E-state index in [-0.39, 0.29) is 17.0 Å². The second-order valence-electron chi connectivity index (χ2n) is 9.35. The van der Waals surface area contributed by atoms with Crippen molar-refractivity contribution in [1.82, 2.24) is 9.62 Å². The molecule has 1 fully saturated rings. The molecule has 1 aliphatic rings. The quantitative estimate of drug-likeness (QED) is 0.334. The molecule has 0 radical (unpaired) electrons. The van der Waals surface area contributed by atoms with Gasteiger partial charge in [0.1, 0.15) is 0 Å². The number of alkyl halides is 2. The molecular formula is C29H32F2N2O2S. The zero-order valence-electron chi connectivity index (χ0n) is 20.5. The Hall–Kier alpha value is -2.87. The van der Waals surface area contributed by atoms with E-state index in [0.717, 1.165) is 24.1 Å². The van der Waals surface area contributed by atoms with Gasteiger partial charge >= 0.3 is 0 Å². The van der Waals surface area contributed by atoms with Crippen LogP contribution < -0.4 is 4.72 Å². The minimum Gasteiger partial charge on any atom is -0.300 e. The summed E-state index contributed by atoms with van der Waals surface area (Å²) < 4.78 is 55.3. The van der Waals surface area contributed by atoms with Gasteiger partial charge in [0.05, 0.1) is 4.90 Å². The first-order valence-corrected chi connectivity index (χ1v) is 13.7. The van der Waals surface area contributed by atoms with Crippen molar-refractivity contribution >= 4 is 10.0 Å². The average molecular weight is 511 g/mol. The van der Waals surface area contributed by atoms with E-state index in [1.165, 1.54) is 49.2 Å². The van der Waals surface area contributed by atoms with Gasteiger partial charge in [0, 0.05) is 24.7 Å². The first-order chi connectivity index (χ1) is 17.2. The lowest BCUT2D eigenvalue weighted by Gasteiger charge is -2.20. The van der Waals surface area contributed by atoms with Gasteiger partial charge in [0.2, 0.25) is 10.0 Å². The van der Waals surface area contributed by atoms with Gasteiger partial charge in [0.25, 0.3) is 5.92 Å². The highest BCUT2D eigenvalue weighted by atomic mass is 32.2. The summed E-state index contributed by atoms with van der Waals surface area (Å²) in [4.78, 5) is 2.69. The Balaban J connectivity index is 1.35. The summed E-state index contributed by atoms with van der Waals surface area (Å²) in [6, 6.07) is 21.3. The number of halogens is 2. The maximum absolute atomic E-state index is 13.7. The second-order valence-corrected chi connectivity index (χ2v) is 11.1. The van der Waals surface area contributed by atoms with E-state index in [1.54, 1.807) is 24.3 Å². The molecular weight excluding hydrogens is 478 g/mol. The Kier molecular flexibility index (Phi) is 8.03. The van der Waals surface area contributed by atoms with Crippen LogP contribution in [0.4, 0.5) is 8.78 Å². The van der Waals surface area contributed by atoms with Crippen LogP contribution in [0.1, 0.15) is 36.5 Å². The molecule has 0 unspecified atom stereocenters. The van der Waals surface area contributed by atoms with Crippen LogP contribution in [0, 0.1) is 0 Å². The number of hydrogen-bond acceptors (Lipinski definition) is 3. The Bertz CT molecular complexity index is 1270. The van der Waals surface area contributed by atoms with Crippen LogP contribution in [0.2, 0.25) is 0 Å². The van der Waals surface area contributed by atoms with Gasteiger partial charge in [-0.1, -0.05) is 67.2 Å². The number of sulfonamides is 1. The van der Waals surface area contributed by atoms with Gasteiger partial charge in [0.15, 0.2) is 0 Å². The monoisotopic (exact) mass is 510 g/mol. The Morgan fingerprint density at radius 3 is 2.11 bits per heavy atom. The summed E-state index contributed by atoms with van der Waals surface area (Å²) in [5.74, 6) is -3.12. The average Bonchev–Trinajstić information content (AvgIpc) is 3.31. The lowest BCUT2D eigenvalue weighted by Crippen LogP contribution is -2.28. The first-order valence-electron chi connectivity index (χ1n) is 12.2. The van der Waals surface area contributed by atoms with Crippen LogP contribution in [0.25, 0.3) is 11.1 Å². The van der Waals surface area contributed by atoms with E-state index in [2.05, 4.69) is 47.4 Å². The number of allylic oxidation sites excluding steroid dienone is 1. The normalized spacial score (nSPS) is 16.8. The van der Waals surface area contributed by atoms with Crippen LogP contribution in [-0.2, 0) is 28.9 Å². The summed E-state index contributed by atoms with van der Waals surface area (Å²) in [6.45, 7) is 7.70. The number of benzene rings is 3. The lowest BCUT2D eigenvalue weighted by molar-refractivity contribution is 0.0525. The van der Waals surface area contributed by atoms with Gasteiger partial charge in [-0.25, -0.2) is 13.1 Å². The van der Waals surface area contributed by atoms with E-state index in [9.17, 15) is 17.2 Å². The highest BCUT2D eigenvalue weighted by Crippen LogP contribution is 2.29. The minimum absolute atomic E-state index is 0.00168. The molecule has 4 rings (SSSR count). The van der Waals surface area contributed by atoms with Gasteiger partial charge in [-0.2, -0.15) is 8.78 Å². The van der Waals surface area contributed by atoms with Crippen molar-refractivity contribution < 1.29 is 17.2 Å². The molecule has 1 saturated heterocycles. The molecule has 1 aliphatic heterocycles. The summed E-state index contributed by atoms with van der Waals surface area (Å²) in [5, 5.41) is 0. The molecule has 0 spiro atoms. The van der Waals surface area contributed by atoms with Crippen LogP contribution in [0.15, 0.2) is 90.3 Å². The van der Waals surface area contributed by atoms with Crippen molar-refractivity contribution in [3.8, 4) is 11.1 Å². The van der Waals surface area contributed by atoms with E-state index < -0.39 is 15.9 Å². The van der Waals surface area contributed by atoms with Crippen LogP contribution in [-0.4, -0.2) is 32.4 Å². The van der Waals surface area contributed by atoms with Gasteiger partial charge in [-0.15, -0.1) is 0 Å². The second kappa shape index (κ2) is 11.0. The summed E-state index contributed by atoms with van der Waals surface area (Å²) >= 11 is 0. The standard InChI is InChI=1S/C29H32F2N2O2S/c1-3-29(30,31)27-14-8-24(9-15-27)21-32-36(34,35)28-16-12-26(13-17-28)25-10-6-23(7-11-25)18-20-33-19-4-5-22(33)2/h3,6-17,22,32H,1,4-5,18-21H2,2H3/t22-/m1/s1. The predicted molar refractivity (Wildman–Crippen MR) is 140 cm³/mol. The van der Waals surface area contributed by atoms with Crippen molar-refractivity contribution in [2.24, 2.45) is 0 Å². The highest BCUT2D eigenvalue weighted by Gasteiger charge is 2.26. The smallest absolute Gasteiger partial charge is 0.291 e. The van der Waals surface area contributed by atoms with Gasteiger partial charge in [-0.05, 0) is 73.2 Å². The lowest BCUT2D eigenvalue weighted by atomic mass is 10.0. The largest absolute Gasteiger partial charge is 0.300 e. The maximum Gasteiger partial charge on any atom is 0.291 e. The fourth-order valence-electron chi connectivity index (χ4n) is 4.51. The molecule has 3 aromatic rings. The van der Waals surface area contributed by atoms with Crippen LogP contribution in [0.3, 0.4) is 0 Å². The number of nitrogens with zero attached hydrogens (tertiary/aromatic N) is 1. The molecule has 190 valence electrons. The number of likely N-dealkylation sites (tertiary alicyclic amines) is 1. The van der Waals surface area contributed by atoms with Crippen LogP contribution in [0.5, 0.6) is 0 Å². The van der Waals surface area contributed by atoms with Gasteiger partial charge in [-0.3, -0.25) is 0 Å². The van der Waals surface area contributed by atoms with Crippen molar-refractivity contribution in [3.63, 3.8) is 0 Å². The van der Waals surface area contributed by atoms with E-state index in [0.29, 0.717) is 17.7 Å². The van der Waals surface area contributed by atoms with Crippen LogP contribution >= 0.6 is 0 Å². The molecule has 1 atom stereocenters. The molecule has 1 N–H and O–H groups in total. The molecule has 0 saturated carbocycles. The first kappa shape index (κ1) is 26.2. The topological polar surface area (TPSA) is 49.4 Å². The van der Waals surface area contributed by atoms with Crippen molar-refractivity contribution in [3.05, 3.63) is 102 Å². The van der Waals surface area contributed by atoms with Crippen molar-refractivity contribution in [1.29, 1.82) is 0 Å². The molecule has 0 bridgehead atoms. The Labute approximate surface area is 212 Å². The van der Waals surface area contributed by atoms with E-state index in [1.807, 2.05) is 0 Å². The third-order valence-electron chi connectivity index (χ3n) is 6.89. The molecule has 36 heavy (non-hydrogen) atoms.